The Morgan fingerprint density at radius 3 is 2.69 bits per heavy atom. The predicted molar refractivity (Wildman–Crippen MR) is 122 cm³/mol. The fraction of sp³-hybridized carbons (Fsp3) is 0.320. The Hall–Kier alpha value is -3.48. The number of nitrogens with two attached hydrogens (primary N) is 1. The summed E-state index contributed by atoms with van der Waals surface area (Å²) in [6.45, 7) is 3.62. The van der Waals surface area contributed by atoms with Crippen LogP contribution in [0, 0.1) is 12.7 Å². The summed E-state index contributed by atoms with van der Waals surface area (Å²) in [5.41, 5.74) is 9.81. The molecule has 7 heteroatoms. The highest BCUT2D eigenvalue weighted by Crippen LogP contribution is 2.30. The number of rotatable bonds is 6. The Balaban J connectivity index is 1.32. The van der Waals surface area contributed by atoms with Gasteiger partial charge in [0.25, 0.3) is 0 Å². The highest BCUT2D eigenvalue weighted by atomic mass is 19.1. The van der Waals surface area contributed by atoms with Crippen molar-refractivity contribution >= 4 is 11.7 Å². The Morgan fingerprint density at radius 1 is 1.16 bits per heavy atom. The molecular formula is C25H27FN4O2. The molecule has 1 aromatic carbocycles. The Bertz CT molecular complexity index is 1080. The van der Waals surface area contributed by atoms with Gasteiger partial charge in [0.05, 0.1) is 13.0 Å². The lowest BCUT2D eigenvalue weighted by molar-refractivity contribution is -0.132. The number of benzene rings is 1. The third kappa shape index (κ3) is 5.41. The topological polar surface area (TPSA) is 81.3 Å². The largest absolute Gasteiger partial charge is 0.493 e. The van der Waals surface area contributed by atoms with Crippen LogP contribution in [0.5, 0.6) is 5.75 Å². The monoisotopic (exact) mass is 434 g/mol. The molecule has 0 unspecified atom stereocenters. The minimum Gasteiger partial charge on any atom is -0.493 e. The Labute approximate surface area is 187 Å². The number of anilines is 1. The second kappa shape index (κ2) is 9.77. The van der Waals surface area contributed by atoms with Gasteiger partial charge >= 0.3 is 0 Å². The fourth-order valence-corrected chi connectivity index (χ4v) is 4.04. The highest BCUT2D eigenvalue weighted by molar-refractivity contribution is 5.76. The van der Waals surface area contributed by atoms with Crippen LogP contribution in [0.15, 0.2) is 54.7 Å². The molecule has 0 atom stereocenters. The zero-order chi connectivity index (χ0) is 22.5. The number of aromatic nitrogens is 2. The molecule has 6 nitrogen and oxygen atoms in total. The van der Waals surface area contributed by atoms with E-state index in [0.29, 0.717) is 30.6 Å². The Kier molecular flexibility index (Phi) is 6.63. The number of aryl methyl sites for hydroxylation is 1. The summed E-state index contributed by atoms with van der Waals surface area (Å²) >= 11 is 0. The van der Waals surface area contributed by atoms with E-state index in [9.17, 15) is 9.18 Å². The van der Waals surface area contributed by atoms with Crippen LogP contribution in [-0.2, 0) is 4.79 Å². The normalized spacial score (nSPS) is 14.4. The van der Waals surface area contributed by atoms with E-state index in [-0.39, 0.29) is 24.8 Å². The van der Waals surface area contributed by atoms with Gasteiger partial charge in [-0.1, -0.05) is 6.07 Å². The molecule has 1 aliphatic heterocycles. The van der Waals surface area contributed by atoms with Gasteiger partial charge in [0, 0.05) is 48.2 Å². The number of piperidine rings is 1. The van der Waals surface area contributed by atoms with E-state index in [1.54, 1.807) is 24.4 Å². The molecule has 0 aliphatic carbocycles. The maximum atomic E-state index is 13.2. The maximum Gasteiger partial charge on any atom is 0.225 e. The van der Waals surface area contributed by atoms with Crippen LogP contribution in [-0.4, -0.2) is 40.5 Å². The number of carbonyl (C=O) groups is 1. The number of nitrogen functional groups attached to an aromatic ring is 1. The molecular weight excluding hydrogens is 407 g/mol. The fourth-order valence-electron chi connectivity index (χ4n) is 4.04. The molecule has 3 aromatic rings. The molecule has 1 amide bonds. The van der Waals surface area contributed by atoms with E-state index in [4.69, 9.17) is 15.5 Å². The molecule has 3 heterocycles. The van der Waals surface area contributed by atoms with Crippen molar-refractivity contribution in [2.45, 2.75) is 32.1 Å². The van der Waals surface area contributed by atoms with E-state index in [1.165, 1.54) is 12.1 Å². The van der Waals surface area contributed by atoms with Crippen molar-refractivity contribution in [1.82, 2.24) is 14.9 Å². The molecule has 0 bridgehead atoms. The molecule has 1 aliphatic rings. The number of carbonyl (C=O) groups excluding carboxylic acids is 1. The van der Waals surface area contributed by atoms with Gasteiger partial charge in [-0.3, -0.25) is 9.78 Å². The first-order chi connectivity index (χ1) is 15.5. The molecule has 0 spiro atoms. The summed E-state index contributed by atoms with van der Waals surface area (Å²) in [5.74, 6) is 0.956. The first-order valence-electron chi connectivity index (χ1n) is 10.8. The van der Waals surface area contributed by atoms with E-state index >= 15 is 0 Å². The minimum absolute atomic E-state index is 0.0608. The van der Waals surface area contributed by atoms with Gasteiger partial charge in [-0.15, -0.1) is 0 Å². The summed E-state index contributed by atoms with van der Waals surface area (Å²) in [4.78, 5) is 23.4. The lowest BCUT2D eigenvalue weighted by Gasteiger charge is -2.32. The quantitative estimate of drug-likeness (QED) is 0.624. The standard InChI is InChI=1S/C25H27FN4O2/c1-17-13-20(19-5-6-24(27)28-16-19)14-23(29-17)18-7-10-30(11-8-18)25(31)9-12-32-22-4-2-3-21(26)15-22/h2-6,13-16,18H,7-12H2,1H3,(H2,27,28). The van der Waals surface area contributed by atoms with Crippen LogP contribution in [0.1, 0.15) is 36.6 Å². The number of likely N-dealkylation sites (tertiary alicyclic amines) is 1. The van der Waals surface area contributed by atoms with Crippen LogP contribution >= 0.6 is 0 Å². The molecule has 1 fully saturated rings. The number of ether oxygens (including phenoxy) is 1. The third-order valence-electron chi connectivity index (χ3n) is 5.74. The molecule has 166 valence electrons. The third-order valence-corrected chi connectivity index (χ3v) is 5.74. The van der Waals surface area contributed by atoms with Gasteiger partial charge in [-0.2, -0.15) is 0 Å². The maximum absolute atomic E-state index is 13.2. The number of nitrogens with zero attached hydrogens (tertiary/aromatic N) is 3. The van der Waals surface area contributed by atoms with Gasteiger partial charge in [0.1, 0.15) is 17.4 Å². The number of hydrogen-bond donors (Lipinski definition) is 1. The molecule has 2 N–H and O–H groups in total. The van der Waals surface area contributed by atoms with E-state index in [0.717, 1.165) is 35.4 Å². The van der Waals surface area contributed by atoms with Gasteiger partial charge in [-0.25, -0.2) is 9.37 Å². The van der Waals surface area contributed by atoms with Gasteiger partial charge in [-0.05, 0) is 61.7 Å². The summed E-state index contributed by atoms with van der Waals surface area (Å²) in [7, 11) is 0. The van der Waals surface area contributed by atoms with Crippen LogP contribution in [0.4, 0.5) is 10.2 Å². The second-order valence-corrected chi connectivity index (χ2v) is 8.10. The van der Waals surface area contributed by atoms with Gasteiger partial charge in [0.15, 0.2) is 0 Å². The first kappa shape index (κ1) is 21.7. The van der Waals surface area contributed by atoms with Crippen molar-refractivity contribution in [2.24, 2.45) is 0 Å². The molecule has 32 heavy (non-hydrogen) atoms. The van der Waals surface area contributed by atoms with Crippen molar-refractivity contribution < 1.29 is 13.9 Å². The van der Waals surface area contributed by atoms with Crippen molar-refractivity contribution in [2.75, 3.05) is 25.4 Å². The number of pyridine rings is 2. The summed E-state index contributed by atoms with van der Waals surface area (Å²) < 4.78 is 18.7. The number of halogens is 1. The van der Waals surface area contributed by atoms with Crippen LogP contribution in [0.2, 0.25) is 0 Å². The molecule has 0 radical (unpaired) electrons. The van der Waals surface area contributed by atoms with Crippen molar-refractivity contribution in [3.05, 3.63) is 71.9 Å². The van der Waals surface area contributed by atoms with Crippen LogP contribution in [0.3, 0.4) is 0 Å². The second-order valence-electron chi connectivity index (χ2n) is 8.10. The summed E-state index contributed by atoms with van der Waals surface area (Å²) in [6.07, 6.45) is 3.79. The van der Waals surface area contributed by atoms with Crippen molar-refractivity contribution in [3.63, 3.8) is 0 Å². The lowest BCUT2D eigenvalue weighted by Crippen LogP contribution is -2.38. The molecule has 4 rings (SSSR count). The lowest BCUT2D eigenvalue weighted by atomic mass is 9.91. The average molecular weight is 435 g/mol. The van der Waals surface area contributed by atoms with E-state index in [1.807, 2.05) is 24.0 Å². The first-order valence-corrected chi connectivity index (χ1v) is 10.8. The van der Waals surface area contributed by atoms with Crippen LogP contribution in [0.25, 0.3) is 11.1 Å². The average Bonchev–Trinajstić information content (AvgIpc) is 2.79. The summed E-state index contributed by atoms with van der Waals surface area (Å²) in [5, 5.41) is 0. The van der Waals surface area contributed by atoms with Gasteiger partial charge < -0.3 is 15.4 Å². The highest BCUT2D eigenvalue weighted by Gasteiger charge is 2.25. The number of hydrogen-bond acceptors (Lipinski definition) is 5. The molecule has 2 aromatic heterocycles. The van der Waals surface area contributed by atoms with E-state index in [2.05, 4.69) is 11.1 Å². The SMILES string of the molecule is Cc1cc(-c2ccc(N)nc2)cc(C2CCN(C(=O)CCOc3cccc(F)c3)CC2)n1. The molecule has 1 saturated heterocycles. The van der Waals surface area contributed by atoms with Crippen molar-refractivity contribution in [3.8, 4) is 16.9 Å². The predicted octanol–water partition coefficient (Wildman–Crippen LogP) is 4.35. The van der Waals surface area contributed by atoms with E-state index < -0.39 is 0 Å². The smallest absolute Gasteiger partial charge is 0.225 e. The summed E-state index contributed by atoms with van der Waals surface area (Å²) in [6, 6.07) is 13.9. The van der Waals surface area contributed by atoms with Crippen LogP contribution < -0.4 is 10.5 Å². The zero-order valence-corrected chi connectivity index (χ0v) is 18.1. The minimum atomic E-state index is -0.350. The van der Waals surface area contributed by atoms with Gasteiger partial charge in [0.2, 0.25) is 5.91 Å². The van der Waals surface area contributed by atoms with Crippen molar-refractivity contribution in [1.29, 1.82) is 0 Å². The zero-order valence-electron chi connectivity index (χ0n) is 18.1. The number of amides is 1. The molecule has 0 saturated carbocycles. The Morgan fingerprint density at radius 2 is 1.97 bits per heavy atom.